The molecule has 0 amide bonds. The van der Waals surface area contributed by atoms with E-state index in [1.54, 1.807) is 30.3 Å². The highest BCUT2D eigenvalue weighted by molar-refractivity contribution is 7.13. The molecule has 0 radical (unpaired) electrons. The maximum absolute atomic E-state index is 5.43. The maximum Gasteiger partial charge on any atom is 0.162 e. The van der Waals surface area contributed by atoms with Crippen LogP contribution in [0.3, 0.4) is 0 Å². The van der Waals surface area contributed by atoms with Crippen LogP contribution in [0.25, 0.3) is 10.8 Å². The molecule has 6 nitrogen and oxygen atoms in total. The van der Waals surface area contributed by atoms with Crippen molar-refractivity contribution >= 4 is 11.3 Å². The van der Waals surface area contributed by atoms with Gasteiger partial charge in [-0.3, -0.25) is 9.58 Å². The normalized spacial score (nSPS) is 19.2. The summed E-state index contributed by atoms with van der Waals surface area (Å²) in [7, 11) is 0. The molecular weight excluding hydrogens is 310 g/mol. The SMILES string of the molecule is c1coc(-c2nc(CN3CCCC[C@H]3Cn3cncn3)cs2)c1. The first-order valence-corrected chi connectivity index (χ1v) is 8.81. The van der Waals surface area contributed by atoms with Crippen LogP contribution in [-0.4, -0.2) is 37.2 Å². The van der Waals surface area contributed by atoms with E-state index in [9.17, 15) is 0 Å². The van der Waals surface area contributed by atoms with E-state index in [-0.39, 0.29) is 0 Å². The van der Waals surface area contributed by atoms with Crippen LogP contribution in [0, 0.1) is 0 Å². The van der Waals surface area contributed by atoms with E-state index >= 15 is 0 Å². The molecule has 0 saturated carbocycles. The Hall–Kier alpha value is -1.99. The van der Waals surface area contributed by atoms with Gasteiger partial charge in [0.15, 0.2) is 10.8 Å². The van der Waals surface area contributed by atoms with E-state index in [0.29, 0.717) is 6.04 Å². The average molecular weight is 329 g/mol. The van der Waals surface area contributed by atoms with Gasteiger partial charge in [-0.1, -0.05) is 6.42 Å². The lowest BCUT2D eigenvalue weighted by Gasteiger charge is -2.35. The molecule has 1 aliphatic heterocycles. The van der Waals surface area contributed by atoms with Crippen LogP contribution in [0.15, 0.2) is 40.8 Å². The summed E-state index contributed by atoms with van der Waals surface area (Å²) in [4.78, 5) is 11.3. The van der Waals surface area contributed by atoms with Gasteiger partial charge in [-0.05, 0) is 31.5 Å². The standard InChI is InChI=1S/C16H19N5OS/c1-2-6-20(14(4-1)9-21-12-17-11-18-21)8-13-10-23-16(19-13)15-5-3-7-22-15/h3,5,7,10-12,14H,1-2,4,6,8-9H2/t14-/m0/s1. The maximum atomic E-state index is 5.43. The molecule has 1 atom stereocenters. The number of aromatic nitrogens is 4. The number of likely N-dealkylation sites (tertiary alicyclic amines) is 1. The number of rotatable bonds is 5. The van der Waals surface area contributed by atoms with E-state index in [0.717, 1.165) is 36.1 Å². The minimum Gasteiger partial charge on any atom is -0.462 e. The Kier molecular flexibility index (Phi) is 4.21. The molecular formula is C16H19N5OS. The van der Waals surface area contributed by atoms with Gasteiger partial charge in [-0.15, -0.1) is 11.3 Å². The van der Waals surface area contributed by atoms with Crippen molar-refractivity contribution in [2.75, 3.05) is 6.54 Å². The van der Waals surface area contributed by atoms with Crippen molar-refractivity contribution in [3.8, 4) is 10.8 Å². The third kappa shape index (κ3) is 3.35. The lowest BCUT2D eigenvalue weighted by Crippen LogP contribution is -2.41. The molecule has 1 saturated heterocycles. The van der Waals surface area contributed by atoms with Gasteiger partial charge in [0, 0.05) is 18.0 Å². The zero-order valence-corrected chi connectivity index (χ0v) is 13.7. The van der Waals surface area contributed by atoms with Crippen LogP contribution >= 0.6 is 11.3 Å². The fourth-order valence-electron chi connectivity index (χ4n) is 3.12. The Morgan fingerprint density at radius 3 is 3.17 bits per heavy atom. The molecule has 1 fully saturated rings. The fraction of sp³-hybridized carbons (Fsp3) is 0.438. The Morgan fingerprint density at radius 1 is 1.35 bits per heavy atom. The Morgan fingerprint density at radius 2 is 2.35 bits per heavy atom. The topological polar surface area (TPSA) is 60.0 Å². The van der Waals surface area contributed by atoms with Crippen molar-refractivity contribution in [3.63, 3.8) is 0 Å². The number of furan rings is 1. The summed E-state index contributed by atoms with van der Waals surface area (Å²) in [5, 5.41) is 7.33. The predicted octanol–water partition coefficient (Wildman–Crippen LogP) is 3.05. The number of piperidine rings is 1. The highest BCUT2D eigenvalue weighted by atomic mass is 32.1. The highest BCUT2D eigenvalue weighted by Crippen LogP contribution is 2.26. The second-order valence-corrected chi connectivity index (χ2v) is 6.72. The summed E-state index contributed by atoms with van der Waals surface area (Å²) >= 11 is 1.64. The quantitative estimate of drug-likeness (QED) is 0.720. The minimum atomic E-state index is 0.499. The fourth-order valence-corrected chi connectivity index (χ4v) is 3.90. The molecule has 3 aromatic rings. The van der Waals surface area contributed by atoms with Gasteiger partial charge in [-0.2, -0.15) is 5.10 Å². The molecule has 23 heavy (non-hydrogen) atoms. The summed E-state index contributed by atoms with van der Waals surface area (Å²) in [5.41, 5.74) is 1.12. The first-order chi connectivity index (χ1) is 11.4. The molecule has 120 valence electrons. The van der Waals surface area contributed by atoms with Gasteiger partial charge >= 0.3 is 0 Å². The van der Waals surface area contributed by atoms with Gasteiger partial charge < -0.3 is 4.42 Å². The molecule has 0 aromatic carbocycles. The molecule has 0 N–H and O–H groups in total. The number of hydrogen-bond acceptors (Lipinski definition) is 6. The van der Waals surface area contributed by atoms with Crippen LogP contribution in [0.2, 0.25) is 0 Å². The zero-order chi connectivity index (χ0) is 15.5. The monoisotopic (exact) mass is 329 g/mol. The first-order valence-electron chi connectivity index (χ1n) is 7.93. The second kappa shape index (κ2) is 6.64. The van der Waals surface area contributed by atoms with Crippen molar-refractivity contribution in [3.05, 3.63) is 42.1 Å². The van der Waals surface area contributed by atoms with Crippen molar-refractivity contribution in [2.24, 2.45) is 0 Å². The number of nitrogens with zero attached hydrogens (tertiary/aromatic N) is 5. The minimum absolute atomic E-state index is 0.499. The molecule has 0 unspecified atom stereocenters. The second-order valence-electron chi connectivity index (χ2n) is 5.86. The lowest BCUT2D eigenvalue weighted by atomic mass is 10.0. The van der Waals surface area contributed by atoms with Crippen molar-refractivity contribution in [2.45, 2.75) is 38.4 Å². The van der Waals surface area contributed by atoms with Crippen LogP contribution in [0.1, 0.15) is 25.0 Å². The van der Waals surface area contributed by atoms with Crippen LogP contribution in [0.5, 0.6) is 0 Å². The van der Waals surface area contributed by atoms with Crippen molar-refractivity contribution in [1.29, 1.82) is 0 Å². The Balaban J connectivity index is 1.45. The summed E-state index contributed by atoms with van der Waals surface area (Å²) in [6, 6.07) is 4.35. The molecule has 7 heteroatoms. The molecule has 4 rings (SSSR count). The van der Waals surface area contributed by atoms with Crippen molar-refractivity contribution < 1.29 is 4.42 Å². The third-order valence-corrected chi connectivity index (χ3v) is 5.17. The van der Waals surface area contributed by atoms with Crippen molar-refractivity contribution in [1.82, 2.24) is 24.6 Å². The molecule has 0 aliphatic carbocycles. The molecule has 0 bridgehead atoms. The third-order valence-electron chi connectivity index (χ3n) is 4.26. The largest absolute Gasteiger partial charge is 0.462 e. The highest BCUT2D eigenvalue weighted by Gasteiger charge is 2.24. The average Bonchev–Trinajstić information content (AvgIpc) is 3.31. The van der Waals surface area contributed by atoms with Crippen LogP contribution in [-0.2, 0) is 13.1 Å². The van der Waals surface area contributed by atoms with Gasteiger partial charge in [0.05, 0.1) is 18.5 Å². The summed E-state index contributed by atoms with van der Waals surface area (Å²) in [6.45, 7) is 2.90. The summed E-state index contributed by atoms with van der Waals surface area (Å²) < 4.78 is 7.36. The molecule has 3 aromatic heterocycles. The Bertz CT molecular complexity index is 722. The first kappa shape index (κ1) is 14.6. The number of thiazole rings is 1. The molecule has 1 aliphatic rings. The molecule has 0 spiro atoms. The van der Waals surface area contributed by atoms with Gasteiger partial charge in [0.1, 0.15) is 12.7 Å². The van der Waals surface area contributed by atoms with Gasteiger partial charge in [0.2, 0.25) is 0 Å². The lowest BCUT2D eigenvalue weighted by molar-refractivity contribution is 0.120. The summed E-state index contributed by atoms with van der Waals surface area (Å²) in [6.07, 6.45) is 8.83. The Labute approximate surface area is 138 Å². The van der Waals surface area contributed by atoms with E-state index in [1.165, 1.54) is 19.3 Å². The van der Waals surface area contributed by atoms with Crippen LogP contribution in [0.4, 0.5) is 0 Å². The smallest absolute Gasteiger partial charge is 0.162 e. The van der Waals surface area contributed by atoms with Gasteiger partial charge in [-0.25, -0.2) is 9.97 Å². The summed E-state index contributed by atoms with van der Waals surface area (Å²) in [5.74, 6) is 0.846. The van der Waals surface area contributed by atoms with Crippen LogP contribution < -0.4 is 0 Å². The van der Waals surface area contributed by atoms with E-state index in [2.05, 4.69) is 20.4 Å². The molecule has 4 heterocycles. The van der Waals surface area contributed by atoms with Gasteiger partial charge in [0.25, 0.3) is 0 Å². The van der Waals surface area contributed by atoms with E-state index in [4.69, 9.17) is 9.40 Å². The van der Waals surface area contributed by atoms with E-state index in [1.807, 2.05) is 16.8 Å². The number of hydrogen-bond donors (Lipinski definition) is 0. The zero-order valence-electron chi connectivity index (χ0n) is 12.8. The predicted molar refractivity (Wildman–Crippen MR) is 87.9 cm³/mol. The van der Waals surface area contributed by atoms with E-state index < -0.39 is 0 Å².